The van der Waals surface area contributed by atoms with Crippen LogP contribution in [0.15, 0.2) is 24.3 Å². The van der Waals surface area contributed by atoms with E-state index in [0.717, 1.165) is 10.5 Å². The lowest BCUT2D eigenvalue weighted by atomic mass is 9.80. The minimum absolute atomic E-state index is 0.0554. The monoisotopic (exact) mass is 376 g/mol. The van der Waals surface area contributed by atoms with Crippen LogP contribution in [0.5, 0.6) is 0 Å². The number of amides is 1. The van der Waals surface area contributed by atoms with E-state index in [1.165, 1.54) is 12.1 Å². The fourth-order valence-corrected chi connectivity index (χ4v) is 4.47. The van der Waals surface area contributed by atoms with Crippen LogP contribution in [-0.4, -0.2) is 63.6 Å². The Morgan fingerprint density at radius 3 is 2.46 bits per heavy atom. The molecule has 9 heteroatoms. The Kier molecular flexibility index (Phi) is 5.12. The summed E-state index contributed by atoms with van der Waals surface area (Å²) in [7, 11) is 0. The van der Waals surface area contributed by atoms with Gasteiger partial charge in [-0.2, -0.15) is 0 Å². The molecule has 0 aromatic heterocycles. The van der Waals surface area contributed by atoms with Crippen molar-refractivity contribution in [3.8, 4) is 0 Å². The van der Waals surface area contributed by atoms with Crippen LogP contribution in [-0.2, 0) is 6.54 Å². The molecule has 2 bridgehead atoms. The zero-order valence-electron chi connectivity index (χ0n) is 13.9. The number of halogens is 4. The lowest BCUT2D eigenvalue weighted by molar-refractivity contribution is -0.151. The third-order valence-electron chi connectivity index (χ3n) is 5.44. The second kappa shape index (κ2) is 7.03. The lowest BCUT2D eigenvalue weighted by Gasteiger charge is -2.51. The van der Waals surface area contributed by atoms with E-state index >= 15 is 0 Å². The molecule has 2 fully saturated rings. The number of alkyl halides is 3. The Bertz CT molecular complexity index is 650. The van der Waals surface area contributed by atoms with E-state index in [4.69, 9.17) is 0 Å². The van der Waals surface area contributed by atoms with Crippen molar-refractivity contribution in [2.24, 2.45) is 5.92 Å². The van der Waals surface area contributed by atoms with E-state index in [1.807, 2.05) is 0 Å². The van der Waals surface area contributed by atoms with Crippen LogP contribution in [0.3, 0.4) is 0 Å². The molecule has 4 unspecified atom stereocenters. The van der Waals surface area contributed by atoms with E-state index in [9.17, 15) is 32.6 Å². The molecule has 2 saturated heterocycles. The highest BCUT2D eigenvalue weighted by Gasteiger charge is 2.61. The predicted octanol–water partition coefficient (Wildman–Crippen LogP) is 2.69. The van der Waals surface area contributed by atoms with Gasteiger partial charge in [-0.3, -0.25) is 9.80 Å². The van der Waals surface area contributed by atoms with Crippen LogP contribution in [0.2, 0.25) is 0 Å². The van der Waals surface area contributed by atoms with Crippen molar-refractivity contribution in [3.63, 3.8) is 0 Å². The molecular formula is C17H20F4N2O3. The minimum Gasteiger partial charge on any atom is -0.465 e. The maximum atomic E-state index is 13.7. The maximum Gasteiger partial charge on any atom is 0.408 e. The van der Waals surface area contributed by atoms with Crippen molar-refractivity contribution in [3.05, 3.63) is 35.6 Å². The summed E-state index contributed by atoms with van der Waals surface area (Å²) in [5.74, 6) is -2.53. The quantitative estimate of drug-likeness (QED) is 0.776. The Hall–Kier alpha value is -1.87. The second-order valence-corrected chi connectivity index (χ2v) is 6.98. The van der Waals surface area contributed by atoms with Gasteiger partial charge in [-0.05, 0) is 30.5 Å². The molecule has 4 atom stereocenters. The molecule has 1 aromatic rings. The first-order chi connectivity index (χ1) is 12.2. The van der Waals surface area contributed by atoms with Crippen molar-refractivity contribution in [1.29, 1.82) is 0 Å². The average Bonchev–Trinajstić information content (AvgIpc) is 2.77. The van der Waals surface area contributed by atoms with Crippen LogP contribution in [0, 0.1) is 11.7 Å². The Morgan fingerprint density at radius 1 is 1.27 bits per heavy atom. The number of hydrogen-bond acceptors (Lipinski definition) is 3. The molecule has 3 rings (SSSR count). The fourth-order valence-electron chi connectivity index (χ4n) is 4.47. The molecule has 0 saturated carbocycles. The first-order valence-electron chi connectivity index (χ1n) is 8.34. The SMILES string of the molecule is O=C(O)N1C2CCC1(C(C(O)F)C(F)F)CN(Cc1ccc(F)cc1)C2. The van der Waals surface area contributed by atoms with Gasteiger partial charge >= 0.3 is 6.09 Å². The van der Waals surface area contributed by atoms with Crippen LogP contribution in [0.1, 0.15) is 18.4 Å². The standard InChI is InChI=1S/C17H20F4N2O3/c18-11-3-1-10(2-4-11)7-22-8-12-5-6-17(9-22,23(12)16(25)26)13(14(19)20)15(21)24/h1-4,12-15,24H,5-9H2,(H,25,26). The van der Waals surface area contributed by atoms with E-state index in [1.54, 1.807) is 17.0 Å². The molecule has 2 N–H and O–H groups in total. The van der Waals surface area contributed by atoms with Crippen molar-refractivity contribution in [1.82, 2.24) is 9.80 Å². The summed E-state index contributed by atoms with van der Waals surface area (Å²) in [5, 5.41) is 18.8. The van der Waals surface area contributed by atoms with Crippen LogP contribution < -0.4 is 0 Å². The topological polar surface area (TPSA) is 64.0 Å². The minimum atomic E-state index is -3.21. The number of carbonyl (C=O) groups is 1. The van der Waals surface area contributed by atoms with E-state index in [-0.39, 0.29) is 13.0 Å². The number of aliphatic hydroxyl groups is 1. The summed E-state index contributed by atoms with van der Waals surface area (Å²) >= 11 is 0. The first-order valence-corrected chi connectivity index (χ1v) is 8.34. The number of benzene rings is 1. The smallest absolute Gasteiger partial charge is 0.408 e. The number of aliphatic hydroxyl groups excluding tert-OH is 1. The Morgan fingerprint density at radius 2 is 1.92 bits per heavy atom. The third-order valence-corrected chi connectivity index (χ3v) is 5.44. The normalized spacial score (nSPS) is 28.4. The predicted molar refractivity (Wildman–Crippen MR) is 83.9 cm³/mol. The molecule has 2 aliphatic rings. The number of likely N-dealkylation sites (tertiary alicyclic amines) is 1. The van der Waals surface area contributed by atoms with Gasteiger partial charge in [-0.25, -0.2) is 22.4 Å². The van der Waals surface area contributed by atoms with Gasteiger partial charge in [0, 0.05) is 25.7 Å². The van der Waals surface area contributed by atoms with Crippen LogP contribution >= 0.6 is 0 Å². The van der Waals surface area contributed by atoms with Crippen LogP contribution in [0.4, 0.5) is 22.4 Å². The molecular weight excluding hydrogens is 356 g/mol. The zero-order chi connectivity index (χ0) is 19.1. The van der Waals surface area contributed by atoms with Gasteiger partial charge in [0.1, 0.15) is 11.7 Å². The highest BCUT2D eigenvalue weighted by atomic mass is 19.3. The molecule has 5 nitrogen and oxygen atoms in total. The summed E-state index contributed by atoms with van der Waals surface area (Å²) in [4.78, 5) is 14.4. The number of carboxylic acid groups (broad SMARTS) is 1. The van der Waals surface area contributed by atoms with Gasteiger partial charge in [0.25, 0.3) is 0 Å². The summed E-state index contributed by atoms with van der Waals surface area (Å²) in [6.45, 7) is 0.483. The number of rotatable bonds is 5. The van der Waals surface area contributed by atoms with Crippen molar-refractivity contribution in [2.75, 3.05) is 13.1 Å². The molecule has 0 aliphatic carbocycles. The fraction of sp³-hybridized carbons (Fsp3) is 0.588. The van der Waals surface area contributed by atoms with E-state index in [0.29, 0.717) is 19.5 Å². The summed E-state index contributed by atoms with van der Waals surface area (Å²) in [6, 6.07) is 5.12. The maximum absolute atomic E-state index is 13.7. The molecule has 1 aromatic carbocycles. The molecule has 0 spiro atoms. The highest BCUT2D eigenvalue weighted by Crippen LogP contribution is 2.47. The first kappa shape index (κ1) is 18.9. The Labute approximate surface area is 147 Å². The van der Waals surface area contributed by atoms with Crippen molar-refractivity contribution in [2.45, 2.75) is 43.8 Å². The highest BCUT2D eigenvalue weighted by molar-refractivity contribution is 5.68. The molecule has 144 valence electrons. The lowest BCUT2D eigenvalue weighted by Crippen LogP contribution is -2.68. The molecule has 26 heavy (non-hydrogen) atoms. The molecule has 2 heterocycles. The average molecular weight is 376 g/mol. The van der Waals surface area contributed by atoms with Gasteiger partial charge in [-0.1, -0.05) is 12.1 Å². The summed E-state index contributed by atoms with van der Waals surface area (Å²) in [5.41, 5.74) is -0.962. The largest absolute Gasteiger partial charge is 0.465 e. The summed E-state index contributed by atoms with van der Waals surface area (Å²) in [6.07, 6.45) is -7.05. The number of hydrogen-bond donors (Lipinski definition) is 2. The van der Waals surface area contributed by atoms with Crippen molar-refractivity contribution < 1.29 is 32.6 Å². The number of piperazine rings is 1. The van der Waals surface area contributed by atoms with Gasteiger partial charge in [0.2, 0.25) is 12.8 Å². The molecule has 2 aliphatic heterocycles. The van der Waals surface area contributed by atoms with Gasteiger partial charge in [-0.15, -0.1) is 0 Å². The van der Waals surface area contributed by atoms with Gasteiger partial charge < -0.3 is 10.2 Å². The second-order valence-electron chi connectivity index (χ2n) is 6.98. The zero-order valence-corrected chi connectivity index (χ0v) is 13.9. The number of nitrogens with zero attached hydrogens (tertiary/aromatic N) is 2. The Balaban J connectivity index is 1.90. The molecule has 1 amide bonds. The van der Waals surface area contributed by atoms with Gasteiger partial charge in [0.05, 0.1) is 5.54 Å². The third kappa shape index (κ3) is 3.25. The number of fused-ring (bicyclic) bond motifs is 2. The van der Waals surface area contributed by atoms with E-state index in [2.05, 4.69) is 0 Å². The van der Waals surface area contributed by atoms with Gasteiger partial charge in [0.15, 0.2) is 0 Å². The summed E-state index contributed by atoms with van der Waals surface area (Å²) < 4.78 is 53.8. The van der Waals surface area contributed by atoms with Crippen molar-refractivity contribution >= 4 is 6.09 Å². The van der Waals surface area contributed by atoms with E-state index < -0.39 is 42.2 Å². The molecule has 0 radical (unpaired) electrons. The van der Waals surface area contributed by atoms with Crippen LogP contribution in [0.25, 0.3) is 0 Å².